The Kier molecular flexibility index (Phi) is 6.58. The van der Waals surface area contributed by atoms with E-state index in [0.29, 0.717) is 0 Å². The Bertz CT molecular complexity index is 2380. The Morgan fingerprint density at radius 1 is 0.367 bits per heavy atom. The Morgan fingerprint density at radius 3 is 1.57 bits per heavy atom. The molecule has 2 aliphatic rings. The second kappa shape index (κ2) is 10.9. The van der Waals surface area contributed by atoms with Crippen molar-refractivity contribution < 1.29 is 0 Å². The summed E-state index contributed by atoms with van der Waals surface area (Å²) in [5.74, 6) is 0. The average molecular weight is 630 g/mol. The van der Waals surface area contributed by atoms with E-state index < -0.39 is 0 Å². The number of nitrogens with zero attached hydrogens (tertiary/aromatic N) is 1. The molecule has 0 amide bonds. The Labute approximate surface area is 290 Å². The minimum Gasteiger partial charge on any atom is -0.309 e. The Balaban J connectivity index is 1.38. The fraction of sp³-hybridized carbons (Fsp3) is 0.125. The van der Waals surface area contributed by atoms with Gasteiger partial charge in [-0.3, -0.25) is 0 Å². The molecule has 0 radical (unpaired) electrons. The highest BCUT2D eigenvalue weighted by Crippen LogP contribution is 2.57. The van der Waals surface area contributed by atoms with Crippen LogP contribution in [0.25, 0.3) is 44.5 Å². The summed E-state index contributed by atoms with van der Waals surface area (Å²) in [4.78, 5) is 2.55. The molecule has 2 aliphatic carbocycles. The predicted molar refractivity (Wildman–Crippen MR) is 207 cm³/mol. The van der Waals surface area contributed by atoms with Crippen molar-refractivity contribution in [1.29, 1.82) is 0 Å². The van der Waals surface area contributed by atoms with Crippen molar-refractivity contribution in [3.05, 3.63) is 186 Å². The lowest BCUT2D eigenvalue weighted by Gasteiger charge is -2.34. The van der Waals surface area contributed by atoms with E-state index in [4.69, 9.17) is 0 Å². The lowest BCUT2D eigenvalue weighted by atomic mass is 9.81. The van der Waals surface area contributed by atoms with Crippen molar-refractivity contribution in [1.82, 2.24) is 0 Å². The molecular weight excluding hydrogens is 591 g/mol. The third kappa shape index (κ3) is 4.39. The van der Waals surface area contributed by atoms with E-state index in [-0.39, 0.29) is 10.8 Å². The smallest absolute Gasteiger partial charge is 0.0546 e. The van der Waals surface area contributed by atoms with Gasteiger partial charge >= 0.3 is 0 Å². The molecule has 0 heterocycles. The summed E-state index contributed by atoms with van der Waals surface area (Å²) >= 11 is 0. The van der Waals surface area contributed by atoms with Gasteiger partial charge in [0.25, 0.3) is 0 Å². The monoisotopic (exact) mass is 629 g/mol. The molecule has 0 atom stereocenters. The Morgan fingerprint density at radius 2 is 0.878 bits per heavy atom. The molecule has 0 N–H and O–H groups in total. The van der Waals surface area contributed by atoms with Crippen molar-refractivity contribution in [2.75, 3.05) is 4.90 Å². The van der Waals surface area contributed by atoms with Crippen LogP contribution < -0.4 is 4.90 Å². The van der Waals surface area contributed by atoms with Gasteiger partial charge in [-0.2, -0.15) is 0 Å². The van der Waals surface area contributed by atoms with Gasteiger partial charge in [0.1, 0.15) is 0 Å². The largest absolute Gasteiger partial charge is 0.309 e. The maximum absolute atomic E-state index is 2.55. The van der Waals surface area contributed by atoms with E-state index in [9.17, 15) is 0 Å². The first-order valence-electron chi connectivity index (χ1n) is 17.4. The van der Waals surface area contributed by atoms with Gasteiger partial charge in [-0.25, -0.2) is 0 Å². The second-order valence-corrected chi connectivity index (χ2v) is 14.5. The second-order valence-electron chi connectivity index (χ2n) is 14.5. The van der Waals surface area contributed by atoms with E-state index in [1.807, 2.05) is 0 Å². The maximum atomic E-state index is 2.55. The van der Waals surface area contributed by atoms with Gasteiger partial charge in [0.05, 0.1) is 11.4 Å². The zero-order valence-corrected chi connectivity index (χ0v) is 28.5. The fourth-order valence-corrected chi connectivity index (χ4v) is 8.75. The lowest BCUT2D eigenvalue weighted by molar-refractivity contribution is 0.660. The van der Waals surface area contributed by atoms with Crippen molar-refractivity contribution in [2.45, 2.75) is 38.5 Å². The molecular formula is C48H39N. The normalized spacial score (nSPS) is 14.4. The Hall–Kier alpha value is -5.66. The van der Waals surface area contributed by atoms with E-state index >= 15 is 0 Å². The quantitative estimate of drug-likeness (QED) is 0.183. The molecule has 9 rings (SSSR count). The van der Waals surface area contributed by atoms with E-state index in [0.717, 1.165) is 5.69 Å². The summed E-state index contributed by atoms with van der Waals surface area (Å²) in [6.45, 7) is 9.49. The summed E-state index contributed by atoms with van der Waals surface area (Å²) in [7, 11) is 0. The SMILES string of the molecule is CC1(C)c2ccccc2-c2cc(N(c3cccc(-c4ccccc4)c3-c3ccccc3)c3cccc4c3C(C)(C)c3ccccc3-4)ccc21. The first-order valence-corrected chi connectivity index (χ1v) is 17.4. The molecule has 0 aromatic heterocycles. The lowest BCUT2D eigenvalue weighted by Crippen LogP contribution is -2.21. The van der Waals surface area contributed by atoms with Crippen LogP contribution in [0.4, 0.5) is 17.1 Å². The van der Waals surface area contributed by atoms with Gasteiger partial charge in [-0.05, 0) is 85.5 Å². The summed E-state index contributed by atoms with van der Waals surface area (Å²) in [6.07, 6.45) is 0. The third-order valence-corrected chi connectivity index (χ3v) is 11.1. The molecule has 7 aromatic carbocycles. The molecule has 1 heteroatoms. The highest BCUT2D eigenvalue weighted by Gasteiger charge is 2.40. The molecule has 49 heavy (non-hydrogen) atoms. The molecule has 0 bridgehead atoms. The fourth-order valence-electron chi connectivity index (χ4n) is 8.75. The minimum atomic E-state index is -0.184. The molecule has 7 aromatic rings. The van der Waals surface area contributed by atoms with Crippen molar-refractivity contribution >= 4 is 17.1 Å². The van der Waals surface area contributed by atoms with Gasteiger partial charge in [-0.1, -0.05) is 167 Å². The highest BCUT2D eigenvalue weighted by molar-refractivity contribution is 6.00. The van der Waals surface area contributed by atoms with Gasteiger partial charge in [0.2, 0.25) is 0 Å². The van der Waals surface area contributed by atoms with Crippen molar-refractivity contribution in [3.8, 4) is 44.5 Å². The van der Waals surface area contributed by atoms with Crippen molar-refractivity contribution in [3.63, 3.8) is 0 Å². The topological polar surface area (TPSA) is 3.24 Å². The number of hydrogen-bond acceptors (Lipinski definition) is 1. The van der Waals surface area contributed by atoms with Crippen LogP contribution in [-0.4, -0.2) is 0 Å². The summed E-state index contributed by atoms with van der Waals surface area (Å²) in [5, 5.41) is 0. The van der Waals surface area contributed by atoms with Gasteiger partial charge in [0.15, 0.2) is 0 Å². The minimum absolute atomic E-state index is 0.0602. The van der Waals surface area contributed by atoms with Gasteiger partial charge < -0.3 is 4.90 Å². The molecule has 1 nitrogen and oxygen atoms in total. The van der Waals surface area contributed by atoms with Crippen molar-refractivity contribution in [2.24, 2.45) is 0 Å². The summed E-state index contributed by atoms with van der Waals surface area (Å²) in [5.41, 5.74) is 18.9. The van der Waals surface area contributed by atoms with Crippen LogP contribution in [0.15, 0.2) is 164 Å². The third-order valence-electron chi connectivity index (χ3n) is 11.1. The number of anilines is 3. The first-order chi connectivity index (χ1) is 23.9. The van der Waals surface area contributed by atoms with Crippen LogP contribution in [0.2, 0.25) is 0 Å². The molecule has 0 saturated carbocycles. The standard InChI is InChI=1S/C48H39N/c1-47(2)40-25-13-12-22-37(40)39-31-34(29-30-42(39)47)49(44-28-16-24-38-36-21-11-14-26-41(36)48(3,4)46(38)44)43-27-15-23-35(32-17-7-5-8-18-32)45(43)33-19-9-6-10-20-33/h5-31H,1-4H3. The van der Waals surface area contributed by atoms with Crippen LogP contribution in [0.5, 0.6) is 0 Å². The number of benzene rings is 7. The van der Waals surface area contributed by atoms with Crippen LogP contribution in [0, 0.1) is 0 Å². The molecule has 0 spiro atoms. The van der Waals surface area contributed by atoms with Gasteiger partial charge in [0, 0.05) is 22.1 Å². The molecule has 0 aliphatic heterocycles. The van der Waals surface area contributed by atoms with Crippen LogP contribution in [0.3, 0.4) is 0 Å². The first kappa shape index (κ1) is 29.5. The number of rotatable bonds is 5. The number of hydrogen-bond donors (Lipinski definition) is 0. The van der Waals surface area contributed by atoms with E-state index in [2.05, 4.69) is 196 Å². The van der Waals surface area contributed by atoms with Crippen LogP contribution >= 0.6 is 0 Å². The predicted octanol–water partition coefficient (Wildman–Crippen LogP) is 13.1. The molecule has 0 fully saturated rings. The zero-order chi connectivity index (χ0) is 33.3. The zero-order valence-electron chi connectivity index (χ0n) is 28.5. The van der Waals surface area contributed by atoms with Crippen LogP contribution in [0.1, 0.15) is 49.9 Å². The average Bonchev–Trinajstić information content (AvgIpc) is 3.52. The summed E-state index contributed by atoms with van der Waals surface area (Å²) < 4.78 is 0. The molecule has 236 valence electrons. The molecule has 0 unspecified atom stereocenters. The van der Waals surface area contributed by atoms with Gasteiger partial charge in [-0.15, -0.1) is 0 Å². The maximum Gasteiger partial charge on any atom is 0.0546 e. The highest BCUT2D eigenvalue weighted by atomic mass is 15.1. The van der Waals surface area contributed by atoms with E-state index in [1.54, 1.807) is 0 Å². The number of fused-ring (bicyclic) bond motifs is 6. The van der Waals surface area contributed by atoms with Crippen LogP contribution in [-0.2, 0) is 10.8 Å². The summed E-state index contributed by atoms with van der Waals surface area (Å²) in [6, 6.07) is 60.5. The molecule has 0 saturated heterocycles. The van der Waals surface area contributed by atoms with E-state index in [1.165, 1.54) is 78.1 Å².